The third-order valence-corrected chi connectivity index (χ3v) is 0. The van der Waals surface area contributed by atoms with Crippen LogP contribution in [-0.2, 0) is 4.57 Å². The summed E-state index contributed by atoms with van der Waals surface area (Å²) in [7, 11) is -5.39. The molecule has 0 atom stereocenters. The molecule has 0 aliphatic rings. The van der Waals surface area contributed by atoms with Crippen molar-refractivity contribution >= 4 is 25.2 Å². The maximum Gasteiger partial charge on any atom is 3.00 e. The molecule has 0 rings (SSSR count). The van der Waals surface area contributed by atoms with E-state index in [-0.39, 0.29) is 59.3 Å². The Balaban J connectivity index is -0.0000000267. The van der Waals surface area contributed by atoms with Crippen LogP contribution >= 0.6 is 7.82 Å². The molecule has 0 aliphatic carbocycles. The van der Waals surface area contributed by atoms with Gasteiger partial charge in [0.2, 0.25) is 0 Å². The Labute approximate surface area is 85.7 Å². The molecular formula is AlClNaO4P. The van der Waals surface area contributed by atoms with Gasteiger partial charge < -0.3 is 31.7 Å². The SMILES string of the molecule is O=P([O-])([O-])[O-].[Al+3].[Cl-].[Na+]. The summed E-state index contributed by atoms with van der Waals surface area (Å²) in [5.41, 5.74) is 0. The molecule has 0 N–H and O–H groups in total. The van der Waals surface area contributed by atoms with E-state index in [4.69, 9.17) is 19.2 Å². The Kier molecular flexibility index (Phi) is 25.1. The number of rotatable bonds is 0. The summed E-state index contributed by atoms with van der Waals surface area (Å²) in [5.74, 6) is 0. The monoisotopic (exact) mass is 180 g/mol. The van der Waals surface area contributed by atoms with Gasteiger partial charge in [-0.3, -0.25) is 0 Å². The summed E-state index contributed by atoms with van der Waals surface area (Å²) in [6.07, 6.45) is 0. The zero-order chi connectivity index (χ0) is 4.50. The Morgan fingerprint density at radius 3 is 1.12 bits per heavy atom. The molecular weight excluding hydrogens is 180 g/mol. The van der Waals surface area contributed by atoms with Crippen LogP contribution in [0.1, 0.15) is 0 Å². The van der Waals surface area contributed by atoms with Crippen molar-refractivity contribution < 1.29 is 61.2 Å². The first-order valence-electron chi connectivity index (χ1n) is 0.730. The molecule has 0 saturated heterocycles. The Morgan fingerprint density at radius 2 is 1.12 bits per heavy atom. The predicted octanol–water partition coefficient (Wildman–Crippen LogP) is -9.20. The van der Waals surface area contributed by atoms with Gasteiger partial charge in [-0.1, -0.05) is 0 Å². The van der Waals surface area contributed by atoms with Crippen LogP contribution in [0.25, 0.3) is 0 Å². The Hall–Kier alpha value is 1.93. The number of phosphoric acid groups is 1. The minimum atomic E-state index is -5.39. The number of hydrogen-bond donors (Lipinski definition) is 0. The van der Waals surface area contributed by atoms with Gasteiger partial charge in [0.15, 0.2) is 0 Å². The first-order valence-corrected chi connectivity index (χ1v) is 2.19. The molecule has 0 amide bonds. The minimum absolute atomic E-state index is 0. The molecule has 8 heteroatoms. The smallest absolute Gasteiger partial charge is 1.00 e. The fourth-order valence-electron chi connectivity index (χ4n) is 0. The van der Waals surface area contributed by atoms with Crippen molar-refractivity contribution in [3.05, 3.63) is 0 Å². The van der Waals surface area contributed by atoms with Crippen molar-refractivity contribution in [3.8, 4) is 0 Å². The average Bonchev–Trinajstić information content (AvgIpc) is 0.722. The second-order valence-corrected chi connectivity index (χ2v) is 1.34. The van der Waals surface area contributed by atoms with E-state index in [0.717, 1.165) is 0 Å². The molecule has 0 radical (unpaired) electrons. The summed E-state index contributed by atoms with van der Waals surface area (Å²) < 4.78 is 8.55. The van der Waals surface area contributed by atoms with E-state index in [0.29, 0.717) is 0 Å². The maximum absolute atomic E-state index is 8.55. The normalized spacial score (nSPS) is 7.38. The molecule has 0 aliphatic heterocycles. The van der Waals surface area contributed by atoms with Crippen LogP contribution in [0, 0.1) is 0 Å². The van der Waals surface area contributed by atoms with Crippen LogP contribution in [0.5, 0.6) is 0 Å². The topological polar surface area (TPSA) is 86.2 Å². The molecule has 0 aromatic heterocycles. The fourth-order valence-corrected chi connectivity index (χ4v) is 0. The molecule has 0 aromatic carbocycles. The van der Waals surface area contributed by atoms with Crippen LogP contribution < -0.4 is 56.6 Å². The van der Waals surface area contributed by atoms with Crippen molar-refractivity contribution in [2.45, 2.75) is 0 Å². The fraction of sp³-hybridized carbons (Fsp3) is 0. The largest absolute Gasteiger partial charge is 3.00 e. The molecule has 40 valence electrons. The molecule has 0 heterocycles. The molecule has 0 spiro atoms. The first kappa shape index (κ1) is 22.5. The van der Waals surface area contributed by atoms with E-state index in [2.05, 4.69) is 0 Å². The molecule has 0 bridgehead atoms. The summed E-state index contributed by atoms with van der Waals surface area (Å²) in [6.45, 7) is 0. The summed E-state index contributed by atoms with van der Waals surface area (Å²) >= 11 is 0. The van der Waals surface area contributed by atoms with Crippen LogP contribution in [0.4, 0.5) is 0 Å². The molecule has 0 saturated carbocycles. The van der Waals surface area contributed by atoms with Gasteiger partial charge in [-0.2, -0.15) is 7.82 Å². The van der Waals surface area contributed by atoms with E-state index < -0.39 is 7.82 Å². The Morgan fingerprint density at radius 1 is 1.12 bits per heavy atom. The van der Waals surface area contributed by atoms with Gasteiger partial charge in [-0.15, -0.1) is 0 Å². The molecule has 0 unspecified atom stereocenters. The molecule has 4 nitrogen and oxygen atoms in total. The standard InChI is InChI=1S/Al.ClH.Na.H3O4P/c;;;1-5(2,3)4/h;1H;;(H3,1,2,3,4)/q+3;;+1;/p-4. The van der Waals surface area contributed by atoms with Crippen LogP contribution in [0.3, 0.4) is 0 Å². The van der Waals surface area contributed by atoms with Gasteiger partial charge >= 0.3 is 46.9 Å². The molecule has 0 fully saturated rings. The van der Waals surface area contributed by atoms with Crippen molar-refractivity contribution in [3.63, 3.8) is 0 Å². The van der Waals surface area contributed by atoms with Gasteiger partial charge in [0.1, 0.15) is 0 Å². The van der Waals surface area contributed by atoms with Gasteiger partial charge in [0.25, 0.3) is 0 Å². The van der Waals surface area contributed by atoms with Gasteiger partial charge in [0, 0.05) is 0 Å². The van der Waals surface area contributed by atoms with E-state index in [9.17, 15) is 0 Å². The predicted molar refractivity (Wildman–Crippen MR) is 13.4 cm³/mol. The van der Waals surface area contributed by atoms with Crippen LogP contribution in [-0.4, -0.2) is 17.4 Å². The first-order chi connectivity index (χ1) is 2.00. The van der Waals surface area contributed by atoms with Crippen molar-refractivity contribution in [1.29, 1.82) is 0 Å². The van der Waals surface area contributed by atoms with E-state index in [1.165, 1.54) is 0 Å². The van der Waals surface area contributed by atoms with Crippen LogP contribution in [0.15, 0.2) is 0 Å². The minimum Gasteiger partial charge on any atom is -1.00 e. The van der Waals surface area contributed by atoms with Crippen molar-refractivity contribution in [2.24, 2.45) is 0 Å². The van der Waals surface area contributed by atoms with E-state index in [1.54, 1.807) is 0 Å². The summed E-state index contributed by atoms with van der Waals surface area (Å²) in [5, 5.41) is 0. The second kappa shape index (κ2) is 8.93. The third kappa shape index (κ3) is 102. The van der Waals surface area contributed by atoms with Crippen LogP contribution in [0.2, 0.25) is 0 Å². The quantitative estimate of drug-likeness (QED) is 0.274. The van der Waals surface area contributed by atoms with E-state index >= 15 is 0 Å². The Bertz CT molecular complexity index is 62.2. The zero-order valence-corrected chi connectivity index (χ0v) is 8.84. The zero-order valence-electron chi connectivity index (χ0n) is 4.04. The van der Waals surface area contributed by atoms with Gasteiger partial charge in [0.05, 0.1) is 0 Å². The molecule has 0 aromatic rings. The van der Waals surface area contributed by atoms with Gasteiger partial charge in [-0.25, -0.2) is 0 Å². The molecule has 8 heavy (non-hydrogen) atoms. The van der Waals surface area contributed by atoms with Crippen molar-refractivity contribution in [2.75, 3.05) is 0 Å². The maximum atomic E-state index is 8.55. The van der Waals surface area contributed by atoms with E-state index in [1.807, 2.05) is 0 Å². The van der Waals surface area contributed by atoms with Gasteiger partial charge in [-0.05, 0) is 0 Å². The average molecular weight is 180 g/mol. The summed E-state index contributed by atoms with van der Waals surface area (Å²) in [6, 6.07) is 0. The second-order valence-electron chi connectivity index (χ2n) is 0.447. The van der Waals surface area contributed by atoms with Crippen molar-refractivity contribution in [1.82, 2.24) is 0 Å². The number of hydrogen-bond acceptors (Lipinski definition) is 4. The third-order valence-electron chi connectivity index (χ3n) is 0. The summed E-state index contributed by atoms with van der Waals surface area (Å²) in [4.78, 5) is 25.6. The number of halogens is 1.